The van der Waals surface area contributed by atoms with E-state index in [9.17, 15) is 9.59 Å². The summed E-state index contributed by atoms with van der Waals surface area (Å²) in [5, 5.41) is 1.78. The highest BCUT2D eigenvalue weighted by Crippen LogP contribution is 2.18. The van der Waals surface area contributed by atoms with Crippen molar-refractivity contribution in [3.05, 3.63) is 51.0 Å². The molecule has 0 fully saturated rings. The molecule has 0 bridgehead atoms. The highest BCUT2D eigenvalue weighted by Gasteiger charge is 2.00. The maximum absolute atomic E-state index is 11.2. The lowest BCUT2D eigenvalue weighted by Gasteiger charge is -1.99. The summed E-state index contributed by atoms with van der Waals surface area (Å²) < 4.78 is 4.80. The van der Waals surface area contributed by atoms with Gasteiger partial charge in [-0.15, -0.1) is 0 Å². The Balaban J connectivity index is 2.10. The highest BCUT2D eigenvalue weighted by atomic mass is 32.1. The molecule has 1 heterocycles. The lowest BCUT2D eigenvalue weighted by molar-refractivity contribution is -0.137. The van der Waals surface area contributed by atoms with Crippen LogP contribution < -0.4 is 4.87 Å². The molecule has 0 atom stereocenters. The van der Waals surface area contributed by atoms with Crippen LogP contribution in [0.15, 0.2) is 40.5 Å². The van der Waals surface area contributed by atoms with E-state index in [1.54, 1.807) is 18.4 Å². The van der Waals surface area contributed by atoms with Gasteiger partial charge in [0.05, 0.1) is 12.3 Å². The van der Waals surface area contributed by atoms with E-state index in [2.05, 4.69) is 4.98 Å². The van der Waals surface area contributed by atoms with Crippen molar-refractivity contribution >= 4 is 23.4 Å². The predicted octanol–water partition coefficient (Wildman–Crippen LogP) is 2.68. The molecule has 0 saturated carbocycles. The Morgan fingerprint density at radius 3 is 2.68 bits per heavy atom. The summed E-state index contributed by atoms with van der Waals surface area (Å²) in [6.45, 7) is 2.13. The fourth-order valence-electron chi connectivity index (χ4n) is 1.55. The van der Waals surface area contributed by atoms with Crippen LogP contribution in [0.25, 0.3) is 17.3 Å². The normalized spacial score (nSPS) is 10.8. The molecule has 0 amide bonds. The minimum absolute atomic E-state index is 0.0683. The van der Waals surface area contributed by atoms with Crippen molar-refractivity contribution < 1.29 is 9.53 Å². The third-order valence-electron chi connectivity index (χ3n) is 2.44. The van der Waals surface area contributed by atoms with Crippen molar-refractivity contribution in [1.82, 2.24) is 4.98 Å². The molecule has 0 saturated heterocycles. The summed E-state index contributed by atoms with van der Waals surface area (Å²) in [5.41, 5.74) is 2.64. The molecule has 0 radical (unpaired) electrons. The summed E-state index contributed by atoms with van der Waals surface area (Å²) in [4.78, 5) is 24.9. The van der Waals surface area contributed by atoms with Gasteiger partial charge in [-0.05, 0) is 24.1 Å². The second-order valence-corrected chi connectivity index (χ2v) is 4.61. The zero-order valence-corrected chi connectivity index (χ0v) is 11.2. The minimum atomic E-state index is -0.353. The predicted molar refractivity (Wildman–Crippen MR) is 76.0 cm³/mol. The highest BCUT2D eigenvalue weighted by molar-refractivity contribution is 7.07. The third-order valence-corrected chi connectivity index (χ3v) is 3.11. The molecule has 0 aliphatic carbocycles. The Labute approximate surface area is 114 Å². The number of hydrogen-bond acceptors (Lipinski definition) is 4. The Morgan fingerprint density at radius 2 is 2.11 bits per heavy atom. The summed E-state index contributed by atoms with van der Waals surface area (Å²) >= 11 is 1.14. The number of hydrogen-bond donors (Lipinski definition) is 1. The number of aromatic nitrogens is 1. The van der Waals surface area contributed by atoms with E-state index in [0.717, 1.165) is 28.2 Å². The van der Waals surface area contributed by atoms with E-state index in [0.29, 0.717) is 6.61 Å². The molecule has 0 unspecified atom stereocenters. The summed E-state index contributed by atoms with van der Waals surface area (Å²) in [6, 6.07) is 7.54. The maximum Gasteiger partial charge on any atom is 0.330 e. The molecule has 5 heteroatoms. The van der Waals surface area contributed by atoms with E-state index in [1.165, 1.54) is 6.08 Å². The average Bonchev–Trinajstić information content (AvgIpc) is 2.84. The van der Waals surface area contributed by atoms with E-state index < -0.39 is 0 Å². The van der Waals surface area contributed by atoms with Crippen LogP contribution in [0.5, 0.6) is 0 Å². The van der Waals surface area contributed by atoms with Gasteiger partial charge in [-0.3, -0.25) is 4.79 Å². The van der Waals surface area contributed by atoms with Crippen molar-refractivity contribution in [2.24, 2.45) is 0 Å². The van der Waals surface area contributed by atoms with E-state index >= 15 is 0 Å². The molecule has 1 N–H and O–H groups in total. The van der Waals surface area contributed by atoms with Gasteiger partial charge < -0.3 is 9.72 Å². The standard InChI is InChI=1S/C14H13NO3S/c1-2-18-13(16)8-5-10-3-6-11(7-4-10)12-9-19-14(17)15-12/h3-9H,2H2,1H3,(H,15,17). The van der Waals surface area contributed by atoms with Gasteiger partial charge in [0.2, 0.25) is 0 Å². The van der Waals surface area contributed by atoms with Crippen LogP contribution >= 0.6 is 11.3 Å². The number of esters is 1. The quantitative estimate of drug-likeness (QED) is 0.689. The monoisotopic (exact) mass is 275 g/mol. The Kier molecular flexibility index (Phi) is 4.30. The minimum Gasteiger partial charge on any atom is -0.463 e. The Hall–Kier alpha value is -2.14. The first kappa shape index (κ1) is 13.3. The molecular weight excluding hydrogens is 262 g/mol. The van der Waals surface area contributed by atoms with E-state index in [4.69, 9.17) is 4.74 Å². The number of benzene rings is 1. The lowest BCUT2D eigenvalue weighted by atomic mass is 10.1. The number of carbonyl (C=O) groups excluding carboxylic acids is 1. The van der Waals surface area contributed by atoms with Crippen molar-refractivity contribution in [3.8, 4) is 11.3 Å². The Bertz CT molecular complexity index is 637. The second-order valence-electron chi connectivity index (χ2n) is 3.77. The molecule has 98 valence electrons. The fourth-order valence-corrected chi connectivity index (χ4v) is 2.14. The van der Waals surface area contributed by atoms with E-state index in [-0.39, 0.29) is 10.8 Å². The number of ether oxygens (including phenoxy) is 1. The molecule has 1 aromatic heterocycles. The van der Waals surface area contributed by atoms with Crippen molar-refractivity contribution in [2.75, 3.05) is 6.61 Å². The zero-order valence-electron chi connectivity index (χ0n) is 10.4. The van der Waals surface area contributed by atoms with Crippen LogP contribution in [0, 0.1) is 0 Å². The molecule has 4 nitrogen and oxygen atoms in total. The molecule has 2 rings (SSSR count). The van der Waals surface area contributed by atoms with Gasteiger partial charge in [0.25, 0.3) is 0 Å². The third kappa shape index (κ3) is 3.66. The van der Waals surface area contributed by atoms with Gasteiger partial charge in [0, 0.05) is 11.5 Å². The van der Waals surface area contributed by atoms with Gasteiger partial charge >= 0.3 is 10.8 Å². The van der Waals surface area contributed by atoms with Crippen LogP contribution in [-0.2, 0) is 9.53 Å². The van der Waals surface area contributed by atoms with Crippen LogP contribution in [0.4, 0.5) is 0 Å². The first-order chi connectivity index (χ1) is 9.19. The first-order valence-corrected chi connectivity index (χ1v) is 6.70. The van der Waals surface area contributed by atoms with Gasteiger partial charge in [0.15, 0.2) is 0 Å². The molecule has 0 aliphatic rings. The number of rotatable bonds is 4. The molecular formula is C14H13NO3S. The largest absolute Gasteiger partial charge is 0.463 e. The van der Waals surface area contributed by atoms with Gasteiger partial charge in [-0.2, -0.15) is 0 Å². The molecule has 19 heavy (non-hydrogen) atoms. The van der Waals surface area contributed by atoms with Crippen molar-refractivity contribution in [3.63, 3.8) is 0 Å². The van der Waals surface area contributed by atoms with E-state index in [1.807, 2.05) is 24.3 Å². The summed E-state index contributed by atoms with van der Waals surface area (Å²) in [5.74, 6) is -0.353. The van der Waals surface area contributed by atoms with Gasteiger partial charge in [-0.25, -0.2) is 4.79 Å². The SMILES string of the molecule is CCOC(=O)C=Cc1ccc(-c2csc(=O)[nH]2)cc1. The summed E-state index contributed by atoms with van der Waals surface area (Å²) in [6.07, 6.45) is 3.09. The van der Waals surface area contributed by atoms with Gasteiger partial charge in [-0.1, -0.05) is 35.6 Å². The fraction of sp³-hybridized carbons (Fsp3) is 0.143. The number of carbonyl (C=O) groups is 1. The molecule has 1 aromatic carbocycles. The van der Waals surface area contributed by atoms with Crippen LogP contribution in [-0.4, -0.2) is 17.6 Å². The van der Waals surface area contributed by atoms with Crippen molar-refractivity contribution in [2.45, 2.75) is 6.92 Å². The van der Waals surface area contributed by atoms with Crippen LogP contribution in [0.2, 0.25) is 0 Å². The number of H-pyrrole nitrogens is 1. The Morgan fingerprint density at radius 1 is 1.37 bits per heavy atom. The molecule has 0 aliphatic heterocycles. The topological polar surface area (TPSA) is 59.2 Å². The lowest BCUT2D eigenvalue weighted by Crippen LogP contribution is -1.98. The van der Waals surface area contributed by atoms with Crippen LogP contribution in [0.3, 0.4) is 0 Å². The number of aromatic amines is 1. The summed E-state index contributed by atoms with van der Waals surface area (Å²) in [7, 11) is 0. The number of nitrogens with one attached hydrogen (secondary N) is 1. The molecule has 0 spiro atoms. The first-order valence-electron chi connectivity index (χ1n) is 5.82. The number of thiazole rings is 1. The van der Waals surface area contributed by atoms with Gasteiger partial charge in [0.1, 0.15) is 0 Å². The van der Waals surface area contributed by atoms with Crippen molar-refractivity contribution in [1.29, 1.82) is 0 Å². The second kappa shape index (κ2) is 6.15. The van der Waals surface area contributed by atoms with Crippen LogP contribution in [0.1, 0.15) is 12.5 Å². The zero-order chi connectivity index (χ0) is 13.7. The average molecular weight is 275 g/mol. The smallest absolute Gasteiger partial charge is 0.330 e. The maximum atomic E-state index is 11.2. The molecule has 2 aromatic rings.